The molecule has 110 valence electrons. The van der Waals surface area contributed by atoms with Crippen molar-refractivity contribution in [2.75, 3.05) is 12.3 Å². The standard InChI is InChI=1S/C15H13BrClNO3/c1-2-20-15(19)11-8-10(18)4-6-13(11)21-14-5-3-9(16)7-12(14)17/h3-8H,2,18H2,1H3. The predicted octanol–water partition coefficient (Wildman–Crippen LogP) is 4.65. The molecule has 2 rings (SSSR count). The highest BCUT2D eigenvalue weighted by atomic mass is 79.9. The summed E-state index contributed by atoms with van der Waals surface area (Å²) in [6.45, 7) is 2.00. The molecular weight excluding hydrogens is 358 g/mol. The summed E-state index contributed by atoms with van der Waals surface area (Å²) in [6.07, 6.45) is 0. The number of nitrogen functional groups attached to an aromatic ring is 1. The molecule has 0 atom stereocenters. The maximum Gasteiger partial charge on any atom is 0.342 e. The molecule has 0 heterocycles. The Morgan fingerprint density at radius 3 is 2.62 bits per heavy atom. The fraction of sp³-hybridized carbons (Fsp3) is 0.133. The predicted molar refractivity (Wildman–Crippen MR) is 86.0 cm³/mol. The highest BCUT2D eigenvalue weighted by molar-refractivity contribution is 9.10. The zero-order valence-electron chi connectivity index (χ0n) is 11.2. The molecule has 2 aromatic carbocycles. The van der Waals surface area contributed by atoms with Crippen LogP contribution < -0.4 is 10.5 Å². The number of hydrogen-bond acceptors (Lipinski definition) is 4. The van der Waals surface area contributed by atoms with Crippen molar-refractivity contribution >= 4 is 39.2 Å². The monoisotopic (exact) mass is 369 g/mol. The van der Waals surface area contributed by atoms with E-state index in [-0.39, 0.29) is 12.2 Å². The van der Waals surface area contributed by atoms with E-state index in [4.69, 9.17) is 26.8 Å². The quantitative estimate of drug-likeness (QED) is 0.628. The highest BCUT2D eigenvalue weighted by Gasteiger charge is 2.16. The van der Waals surface area contributed by atoms with Crippen LogP contribution >= 0.6 is 27.5 Å². The van der Waals surface area contributed by atoms with Crippen molar-refractivity contribution in [3.63, 3.8) is 0 Å². The number of benzene rings is 2. The fourth-order valence-corrected chi connectivity index (χ4v) is 2.39. The number of carbonyl (C=O) groups excluding carboxylic acids is 1. The highest BCUT2D eigenvalue weighted by Crippen LogP contribution is 2.34. The number of carbonyl (C=O) groups is 1. The molecule has 2 N–H and O–H groups in total. The van der Waals surface area contributed by atoms with Crippen molar-refractivity contribution in [3.05, 3.63) is 51.5 Å². The number of rotatable bonds is 4. The van der Waals surface area contributed by atoms with Gasteiger partial charge in [-0.1, -0.05) is 27.5 Å². The van der Waals surface area contributed by atoms with Gasteiger partial charge in [-0.05, 0) is 43.3 Å². The average molecular weight is 371 g/mol. The van der Waals surface area contributed by atoms with Crippen molar-refractivity contribution in [3.8, 4) is 11.5 Å². The third-order valence-corrected chi connectivity index (χ3v) is 3.40. The van der Waals surface area contributed by atoms with Gasteiger partial charge in [0.1, 0.15) is 17.1 Å². The van der Waals surface area contributed by atoms with Gasteiger partial charge in [-0.15, -0.1) is 0 Å². The van der Waals surface area contributed by atoms with E-state index >= 15 is 0 Å². The molecule has 0 amide bonds. The summed E-state index contributed by atoms with van der Waals surface area (Å²) in [5.41, 5.74) is 6.42. The molecule has 2 aromatic rings. The zero-order valence-corrected chi connectivity index (χ0v) is 13.6. The topological polar surface area (TPSA) is 61.5 Å². The number of hydrogen-bond donors (Lipinski definition) is 1. The van der Waals surface area contributed by atoms with Gasteiger partial charge in [-0.25, -0.2) is 4.79 Å². The first kappa shape index (κ1) is 15.7. The molecule has 0 aliphatic carbocycles. The largest absolute Gasteiger partial charge is 0.462 e. The third-order valence-electron chi connectivity index (χ3n) is 2.61. The molecule has 0 fully saturated rings. The summed E-state index contributed by atoms with van der Waals surface area (Å²) in [5.74, 6) is 0.287. The Bertz CT molecular complexity index is 676. The summed E-state index contributed by atoms with van der Waals surface area (Å²) >= 11 is 9.43. The van der Waals surface area contributed by atoms with Crippen LogP contribution in [0.4, 0.5) is 5.69 Å². The molecule has 0 saturated heterocycles. The molecular formula is C15H13BrClNO3. The summed E-state index contributed by atoms with van der Waals surface area (Å²) in [4.78, 5) is 11.9. The Morgan fingerprint density at radius 1 is 1.24 bits per heavy atom. The van der Waals surface area contributed by atoms with Crippen LogP contribution in [0.5, 0.6) is 11.5 Å². The molecule has 21 heavy (non-hydrogen) atoms. The summed E-state index contributed by atoms with van der Waals surface area (Å²) in [7, 11) is 0. The maximum absolute atomic E-state index is 11.9. The van der Waals surface area contributed by atoms with Gasteiger partial charge in [0.05, 0.1) is 11.6 Å². The van der Waals surface area contributed by atoms with Crippen LogP contribution in [-0.4, -0.2) is 12.6 Å². The van der Waals surface area contributed by atoms with Gasteiger partial charge in [0.15, 0.2) is 0 Å². The van der Waals surface area contributed by atoms with Crippen LogP contribution in [0.1, 0.15) is 17.3 Å². The average Bonchev–Trinajstić information content (AvgIpc) is 2.43. The SMILES string of the molecule is CCOC(=O)c1cc(N)ccc1Oc1ccc(Br)cc1Cl. The van der Waals surface area contributed by atoms with Crippen LogP contribution in [0.15, 0.2) is 40.9 Å². The second-order valence-corrected chi connectivity index (χ2v) is 5.48. The number of esters is 1. The van der Waals surface area contributed by atoms with E-state index in [0.29, 0.717) is 22.2 Å². The lowest BCUT2D eigenvalue weighted by molar-refractivity contribution is 0.0523. The third kappa shape index (κ3) is 3.89. The smallest absolute Gasteiger partial charge is 0.342 e. The van der Waals surface area contributed by atoms with Crippen molar-refractivity contribution < 1.29 is 14.3 Å². The molecule has 0 saturated carbocycles. The molecule has 0 spiro atoms. The second kappa shape index (κ2) is 6.83. The van der Waals surface area contributed by atoms with E-state index in [1.54, 1.807) is 37.3 Å². The number of anilines is 1. The minimum Gasteiger partial charge on any atom is -0.462 e. The van der Waals surface area contributed by atoms with Crippen LogP contribution in [0.2, 0.25) is 5.02 Å². The van der Waals surface area contributed by atoms with Gasteiger partial charge in [-0.2, -0.15) is 0 Å². The molecule has 0 aliphatic rings. The van der Waals surface area contributed by atoms with Gasteiger partial charge in [-0.3, -0.25) is 0 Å². The first-order valence-electron chi connectivity index (χ1n) is 6.20. The summed E-state index contributed by atoms with van der Waals surface area (Å²) in [5, 5.41) is 0.427. The van der Waals surface area contributed by atoms with Gasteiger partial charge >= 0.3 is 5.97 Å². The molecule has 0 aliphatic heterocycles. The lowest BCUT2D eigenvalue weighted by Crippen LogP contribution is -2.07. The number of ether oxygens (including phenoxy) is 2. The van der Waals surface area contributed by atoms with Crippen molar-refractivity contribution in [2.45, 2.75) is 6.92 Å². The normalized spacial score (nSPS) is 10.2. The lowest BCUT2D eigenvalue weighted by atomic mass is 10.2. The maximum atomic E-state index is 11.9. The van der Waals surface area contributed by atoms with E-state index in [1.165, 1.54) is 6.07 Å². The van der Waals surface area contributed by atoms with Crippen molar-refractivity contribution in [2.24, 2.45) is 0 Å². The Morgan fingerprint density at radius 2 is 1.95 bits per heavy atom. The Balaban J connectivity index is 2.37. The Kier molecular flexibility index (Phi) is 5.09. The molecule has 0 unspecified atom stereocenters. The van der Waals surface area contributed by atoms with Crippen molar-refractivity contribution in [1.29, 1.82) is 0 Å². The Labute approximate surface area is 135 Å². The van der Waals surface area contributed by atoms with Gasteiger partial charge in [0.2, 0.25) is 0 Å². The first-order chi connectivity index (χ1) is 10.0. The zero-order chi connectivity index (χ0) is 15.4. The second-order valence-electron chi connectivity index (χ2n) is 4.15. The van der Waals surface area contributed by atoms with E-state index in [1.807, 2.05) is 0 Å². The van der Waals surface area contributed by atoms with Gasteiger partial charge in [0, 0.05) is 10.2 Å². The summed E-state index contributed by atoms with van der Waals surface area (Å²) < 4.78 is 11.5. The van der Waals surface area contributed by atoms with E-state index in [2.05, 4.69) is 15.9 Å². The molecule has 0 bridgehead atoms. The van der Waals surface area contributed by atoms with Crippen LogP contribution in [0.3, 0.4) is 0 Å². The molecule has 0 aromatic heterocycles. The van der Waals surface area contributed by atoms with Crippen LogP contribution in [0, 0.1) is 0 Å². The Hall–Kier alpha value is -1.72. The van der Waals surface area contributed by atoms with Gasteiger partial charge < -0.3 is 15.2 Å². The van der Waals surface area contributed by atoms with E-state index < -0.39 is 5.97 Å². The lowest BCUT2D eigenvalue weighted by Gasteiger charge is -2.12. The van der Waals surface area contributed by atoms with Crippen molar-refractivity contribution in [1.82, 2.24) is 0 Å². The van der Waals surface area contributed by atoms with Crippen LogP contribution in [0.25, 0.3) is 0 Å². The van der Waals surface area contributed by atoms with E-state index in [0.717, 1.165) is 4.47 Å². The number of halogens is 2. The van der Waals surface area contributed by atoms with Gasteiger partial charge in [0.25, 0.3) is 0 Å². The minimum atomic E-state index is -0.493. The first-order valence-corrected chi connectivity index (χ1v) is 7.38. The van der Waals surface area contributed by atoms with Crippen LogP contribution in [-0.2, 0) is 4.74 Å². The molecule has 4 nitrogen and oxygen atoms in total. The number of nitrogens with two attached hydrogens (primary N) is 1. The molecule has 0 radical (unpaired) electrons. The summed E-state index contributed by atoms with van der Waals surface area (Å²) in [6, 6.07) is 9.98. The minimum absolute atomic E-state index is 0.260. The molecule has 6 heteroatoms. The van der Waals surface area contributed by atoms with E-state index in [9.17, 15) is 4.79 Å². The fourth-order valence-electron chi connectivity index (χ4n) is 1.68.